The summed E-state index contributed by atoms with van der Waals surface area (Å²) in [5.41, 5.74) is 1.87. The van der Waals surface area contributed by atoms with Gasteiger partial charge in [0.15, 0.2) is 11.5 Å². The number of rotatable bonds is 4. The Morgan fingerprint density at radius 2 is 2.05 bits per heavy atom. The van der Waals surface area contributed by atoms with Crippen molar-refractivity contribution in [3.8, 4) is 11.5 Å². The first-order valence-electron chi connectivity index (χ1n) is 7.03. The van der Waals surface area contributed by atoms with Crippen molar-refractivity contribution in [1.82, 2.24) is 5.32 Å². The highest BCUT2D eigenvalue weighted by Crippen LogP contribution is 2.32. The van der Waals surface area contributed by atoms with E-state index in [0.717, 1.165) is 28.4 Å². The van der Waals surface area contributed by atoms with Crippen LogP contribution < -0.4 is 14.8 Å². The van der Waals surface area contributed by atoms with Crippen LogP contribution in [0, 0.1) is 13.8 Å². The number of amides is 1. The lowest BCUT2D eigenvalue weighted by molar-refractivity contribution is -0.116. The monoisotopic (exact) mass is 299 g/mol. The zero-order chi connectivity index (χ0) is 15.5. The second kappa shape index (κ2) is 5.97. The van der Waals surface area contributed by atoms with Crippen LogP contribution in [-0.2, 0) is 11.3 Å². The first-order valence-corrected chi connectivity index (χ1v) is 7.03. The van der Waals surface area contributed by atoms with E-state index in [1.165, 1.54) is 6.08 Å². The van der Waals surface area contributed by atoms with Crippen molar-refractivity contribution < 1.29 is 18.7 Å². The van der Waals surface area contributed by atoms with Gasteiger partial charge in [-0.15, -0.1) is 0 Å². The van der Waals surface area contributed by atoms with Crippen LogP contribution >= 0.6 is 0 Å². The molecule has 1 aromatic heterocycles. The summed E-state index contributed by atoms with van der Waals surface area (Å²) in [7, 11) is 0. The van der Waals surface area contributed by atoms with E-state index in [2.05, 4.69) is 5.32 Å². The molecule has 2 heterocycles. The highest BCUT2D eigenvalue weighted by molar-refractivity contribution is 5.91. The fourth-order valence-electron chi connectivity index (χ4n) is 2.29. The first-order chi connectivity index (χ1) is 10.6. The van der Waals surface area contributed by atoms with Gasteiger partial charge in [-0.1, -0.05) is 6.07 Å². The van der Waals surface area contributed by atoms with Crippen molar-refractivity contribution in [3.63, 3.8) is 0 Å². The minimum Gasteiger partial charge on any atom is -0.466 e. The molecule has 0 spiro atoms. The summed E-state index contributed by atoms with van der Waals surface area (Å²) in [5, 5.41) is 2.83. The number of aryl methyl sites for hydroxylation is 2. The van der Waals surface area contributed by atoms with Crippen LogP contribution in [0.25, 0.3) is 6.08 Å². The van der Waals surface area contributed by atoms with Gasteiger partial charge in [-0.2, -0.15) is 0 Å². The second-order valence-corrected chi connectivity index (χ2v) is 5.10. The van der Waals surface area contributed by atoms with Crippen molar-refractivity contribution in [3.05, 3.63) is 53.0 Å². The summed E-state index contributed by atoms with van der Waals surface area (Å²) in [4.78, 5) is 11.9. The molecule has 1 aliphatic heterocycles. The molecule has 3 rings (SSSR count). The summed E-state index contributed by atoms with van der Waals surface area (Å²) < 4.78 is 16.0. The molecular formula is C17H17NO4. The van der Waals surface area contributed by atoms with Crippen LogP contribution in [0.1, 0.15) is 22.6 Å². The van der Waals surface area contributed by atoms with Gasteiger partial charge in [-0.05, 0) is 43.7 Å². The van der Waals surface area contributed by atoms with E-state index in [0.29, 0.717) is 12.3 Å². The Bertz CT molecular complexity index is 730. The number of benzene rings is 1. The molecule has 0 saturated heterocycles. The molecule has 2 aromatic rings. The third-order valence-corrected chi connectivity index (χ3v) is 3.42. The summed E-state index contributed by atoms with van der Waals surface area (Å²) in [6.45, 7) is 4.47. The summed E-state index contributed by atoms with van der Waals surface area (Å²) >= 11 is 0. The molecule has 0 aliphatic carbocycles. The molecule has 5 nitrogen and oxygen atoms in total. The average Bonchev–Trinajstić information content (AvgIpc) is 3.08. The lowest BCUT2D eigenvalue weighted by atomic mass is 10.2. The van der Waals surface area contributed by atoms with E-state index in [-0.39, 0.29) is 12.7 Å². The number of hydrogen-bond donors (Lipinski definition) is 1. The molecule has 1 aromatic carbocycles. The van der Waals surface area contributed by atoms with Crippen LogP contribution in [0.3, 0.4) is 0 Å². The number of furan rings is 1. The highest BCUT2D eigenvalue weighted by Gasteiger charge is 2.12. The molecule has 0 unspecified atom stereocenters. The third kappa shape index (κ3) is 3.14. The van der Waals surface area contributed by atoms with Crippen LogP contribution in [0.4, 0.5) is 0 Å². The topological polar surface area (TPSA) is 60.7 Å². The Hall–Kier alpha value is -2.69. The SMILES string of the molecule is Cc1cc(CNC(=O)/C=C/c2ccc3c(c2)OCO3)c(C)o1. The minimum atomic E-state index is -0.157. The Kier molecular flexibility index (Phi) is 3.87. The third-order valence-electron chi connectivity index (χ3n) is 3.42. The van der Waals surface area contributed by atoms with Crippen molar-refractivity contribution in [2.24, 2.45) is 0 Å². The smallest absolute Gasteiger partial charge is 0.244 e. The first kappa shape index (κ1) is 14.3. The van der Waals surface area contributed by atoms with Crippen LogP contribution in [0.5, 0.6) is 11.5 Å². The fourth-order valence-corrected chi connectivity index (χ4v) is 2.29. The van der Waals surface area contributed by atoms with Gasteiger partial charge in [0.2, 0.25) is 12.7 Å². The molecule has 0 atom stereocenters. The van der Waals surface area contributed by atoms with Gasteiger partial charge in [0.05, 0.1) is 0 Å². The Labute approximate surface area is 128 Å². The number of nitrogens with one attached hydrogen (secondary N) is 1. The quantitative estimate of drug-likeness (QED) is 0.882. The van der Waals surface area contributed by atoms with E-state index in [9.17, 15) is 4.79 Å². The normalized spacial score (nSPS) is 12.8. The number of fused-ring (bicyclic) bond motifs is 1. The van der Waals surface area contributed by atoms with Gasteiger partial charge in [-0.3, -0.25) is 4.79 Å². The molecule has 0 radical (unpaired) electrons. The molecule has 5 heteroatoms. The number of hydrogen-bond acceptors (Lipinski definition) is 4. The van der Waals surface area contributed by atoms with Crippen molar-refractivity contribution in [1.29, 1.82) is 0 Å². The van der Waals surface area contributed by atoms with Gasteiger partial charge < -0.3 is 19.2 Å². The molecule has 0 saturated carbocycles. The van der Waals surface area contributed by atoms with E-state index in [4.69, 9.17) is 13.9 Å². The Morgan fingerprint density at radius 3 is 2.82 bits per heavy atom. The van der Waals surface area contributed by atoms with E-state index in [1.807, 2.05) is 38.1 Å². The van der Waals surface area contributed by atoms with Gasteiger partial charge in [-0.25, -0.2) is 0 Å². The number of carbonyl (C=O) groups is 1. The molecule has 1 aliphatic rings. The molecular weight excluding hydrogens is 282 g/mol. The van der Waals surface area contributed by atoms with Crippen molar-refractivity contribution in [2.75, 3.05) is 6.79 Å². The minimum absolute atomic E-state index is 0.157. The average molecular weight is 299 g/mol. The lowest BCUT2D eigenvalue weighted by Crippen LogP contribution is -2.20. The maximum absolute atomic E-state index is 11.9. The van der Waals surface area contributed by atoms with Crippen LogP contribution in [-0.4, -0.2) is 12.7 Å². The fraction of sp³-hybridized carbons (Fsp3) is 0.235. The molecule has 114 valence electrons. The van der Waals surface area contributed by atoms with Gasteiger partial charge in [0, 0.05) is 18.2 Å². The largest absolute Gasteiger partial charge is 0.466 e. The zero-order valence-corrected chi connectivity index (χ0v) is 12.5. The Morgan fingerprint density at radius 1 is 1.23 bits per heavy atom. The van der Waals surface area contributed by atoms with Gasteiger partial charge >= 0.3 is 0 Å². The second-order valence-electron chi connectivity index (χ2n) is 5.10. The molecule has 0 fully saturated rings. The van der Waals surface area contributed by atoms with Gasteiger partial charge in [0.25, 0.3) is 0 Å². The highest BCUT2D eigenvalue weighted by atomic mass is 16.7. The molecule has 1 amide bonds. The Balaban J connectivity index is 1.58. The summed E-state index contributed by atoms with van der Waals surface area (Å²) in [5.74, 6) is 2.95. The van der Waals surface area contributed by atoms with Crippen molar-refractivity contribution >= 4 is 12.0 Å². The molecule has 1 N–H and O–H groups in total. The van der Waals surface area contributed by atoms with Crippen LogP contribution in [0.2, 0.25) is 0 Å². The lowest BCUT2D eigenvalue weighted by Gasteiger charge is -2.01. The molecule has 0 bridgehead atoms. The summed E-state index contributed by atoms with van der Waals surface area (Å²) in [6, 6.07) is 7.48. The zero-order valence-electron chi connectivity index (χ0n) is 12.5. The maximum atomic E-state index is 11.9. The summed E-state index contributed by atoms with van der Waals surface area (Å²) in [6.07, 6.45) is 3.24. The predicted molar refractivity (Wildman–Crippen MR) is 81.6 cm³/mol. The predicted octanol–water partition coefficient (Wildman–Crippen LogP) is 2.95. The maximum Gasteiger partial charge on any atom is 0.244 e. The number of ether oxygens (including phenoxy) is 2. The van der Waals surface area contributed by atoms with Crippen molar-refractivity contribution in [2.45, 2.75) is 20.4 Å². The van der Waals surface area contributed by atoms with E-state index < -0.39 is 0 Å². The molecule has 22 heavy (non-hydrogen) atoms. The van der Waals surface area contributed by atoms with Crippen LogP contribution in [0.15, 0.2) is 34.8 Å². The number of carbonyl (C=O) groups excluding carboxylic acids is 1. The van der Waals surface area contributed by atoms with Gasteiger partial charge in [0.1, 0.15) is 11.5 Å². The van der Waals surface area contributed by atoms with E-state index in [1.54, 1.807) is 6.08 Å². The van der Waals surface area contributed by atoms with E-state index >= 15 is 0 Å². The standard InChI is InChI=1S/C17H17NO4/c1-11-7-14(12(2)22-11)9-18-17(19)6-4-13-3-5-15-16(8-13)21-10-20-15/h3-8H,9-10H2,1-2H3,(H,18,19)/b6-4+.